The molecule has 0 bridgehead atoms. The summed E-state index contributed by atoms with van der Waals surface area (Å²) < 4.78 is 1.15. The second kappa shape index (κ2) is 6.51. The predicted octanol–water partition coefficient (Wildman–Crippen LogP) is 4.57. The Morgan fingerprint density at radius 1 is 1.33 bits per heavy atom. The molecular weight excluding hydrogens is 344 g/mol. The van der Waals surface area contributed by atoms with Gasteiger partial charge in [0.2, 0.25) is 0 Å². The third kappa shape index (κ3) is 3.50. The van der Waals surface area contributed by atoms with Crippen molar-refractivity contribution in [2.75, 3.05) is 11.4 Å². The normalized spacial score (nSPS) is 14.6. The molecule has 1 aromatic carbocycles. The minimum absolute atomic E-state index is 0.506. The van der Waals surface area contributed by atoms with E-state index in [1.54, 1.807) is 4.88 Å². The number of fused-ring (bicyclic) bond motifs is 1. The summed E-state index contributed by atoms with van der Waals surface area (Å²) in [4.78, 5) is 4.07. The van der Waals surface area contributed by atoms with Gasteiger partial charge in [-0.3, -0.25) is 0 Å². The smallest absolute Gasteiger partial charge is 0.0440 e. The van der Waals surface area contributed by atoms with Gasteiger partial charge in [0.05, 0.1) is 0 Å². The highest BCUT2D eigenvalue weighted by Gasteiger charge is 2.19. The minimum Gasteiger partial charge on any atom is -0.367 e. The lowest BCUT2D eigenvalue weighted by atomic mass is 10.1. The summed E-state index contributed by atoms with van der Waals surface area (Å²) in [6, 6.07) is 9.41. The highest BCUT2D eigenvalue weighted by molar-refractivity contribution is 9.10. The van der Waals surface area contributed by atoms with Gasteiger partial charge in [-0.2, -0.15) is 0 Å². The number of hydrogen-bond donors (Lipinski definition) is 1. The van der Waals surface area contributed by atoms with Crippen LogP contribution in [0, 0.1) is 0 Å². The van der Waals surface area contributed by atoms with Crippen LogP contribution >= 0.6 is 27.3 Å². The fourth-order valence-corrected chi connectivity index (χ4v) is 3.99. The maximum atomic E-state index is 3.62. The van der Waals surface area contributed by atoms with Gasteiger partial charge >= 0.3 is 0 Å². The van der Waals surface area contributed by atoms with Crippen molar-refractivity contribution >= 4 is 33.0 Å². The zero-order valence-electron chi connectivity index (χ0n) is 12.5. The highest BCUT2D eigenvalue weighted by Crippen LogP contribution is 2.31. The van der Waals surface area contributed by atoms with Crippen LogP contribution in [0.25, 0.3) is 0 Å². The molecule has 0 aliphatic carbocycles. The second-order valence-corrected chi connectivity index (χ2v) is 7.77. The topological polar surface area (TPSA) is 15.3 Å². The Balaban J connectivity index is 1.85. The quantitative estimate of drug-likeness (QED) is 0.854. The summed E-state index contributed by atoms with van der Waals surface area (Å²) in [6.45, 7) is 7.45. The Morgan fingerprint density at radius 3 is 3.00 bits per heavy atom. The largest absolute Gasteiger partial charge is 0.367 e. The molecule has 0 saturated heterocycles. The van der Waals surface area contributed by atoms with E-state index in [-0.39, 0.29) is 0 Å². The maximum absolute atomic E-state index is 3.62. The molecule has 0 amide bonds. The van der Waals surface area contributed by atoms with E-state index in [2.05, 4.69) is 69.6 Å². The number of hydrogen-bond acceptors (Lipinski definition) is 3. The Kier molecular flexibility index (Phi) is 4.67. The number of nitrogens with zero attached hydrogens (tertiary/aromatic N) is 1. The zero-order chi connectivity index (χ0) is 14.8. The first-order valence-corrected chi connectivity index (χ1v) is 9.13. The van der Waals surface area contributed by atoms with Crippen LogP contribution < -0.4 is 10.2 Å². The molecule has 2 heterocycles. The van der Waals surface area contributed by atoms with E-state index in [1.165, 1.54) is 16.8 Å². The minimum atomic E-state index is 0.506. The van der Waals surface area contributed by atoms with Gasteiger partial charge in [0.25, 0.3) is 0 Å². The molecule has 0 spiro atoms. The van der Waals surface area contributed by atoms with E-state index in [1.807, 2.05) is 11.3 Å². The molecule has 0 saturated carbocycles. The summed E-state index contributed by atoms with van der Waals surface area (Å²) in [5, 5.41) is 5.75. The first-order valence-electron chi connectivity index (χ1n) is 7.45. The van der Waals surface area contributed by atoms with Crippen molar-refractivity contribution in [3.63, 3.8) is 0 Å². The van der Waals surface area contributed by atoms with Gasteiger partial charge in [0.1, 0.15) is 0 Å². The highest BCUT2D eigenvalue weighted by atomic mass is 79.9. The van der Waals surface area contributed by atoms with Gasteiger partial charge in [0.15, 0.2) is 0 Å². The SMILES string of the molecule is CC(C)NCc1ccc(Br)cc1N1CCc2sccc2C1. The van der Waals surface area contributed by atoms with E-state index in [0.717, 1.165) is 30.5 Å². The van der Waals surface area contributed by atoms with Crippen LogP contribution in [-0.2, 0) is 19.5 Å². The van der Waals surface area contributed by atoms with Crippen LogP contribution in [0.3, 0.4) is 0 Å². The zero-order valence-corrected chi connectivity index (χ0v) is 14.9. The Labute approximate surface area is 139 Å². The summed E-state index contributed by atoms with van der Waals surface area (Å²) in [7, 11) is 0. The Morgan fingerprint density at radius 2 is 2.19 bits per heavy atom. The molecule has 1 N–H and O–H groups in total. The van der Waals surface area contributed by atoms with Crippen molar-refractivity contribution in [2.24, 2.45) is 0 Å². The number of thiophene rings is 1. The monoisotopic (exact) mass is 364 g/mol. The van der Waals surface area contributed by atoms with E-state index >= 15 is 0 Å². The Hall–Kier alpha value is -0.840. The molecule has 0 atom stereocenters. The van der Waals surface area contributed by atoms with Gasteiger partial charge in [-0.15, -0.1) is 11.3 Å². The Bertz CT molecular complexity index is 621. The van der Waals surface area contributed by atoms with Crippen molar-refractivity contribution in [3.8, 4) is 0 Å². The van der Waals surface area contributed by atoms with Gasteiger partial charge in [-0.25, -0.2) is 0 Å². The van der Waals surface area contributed by atoms with E-state index < -0.39 is 0 Å². The number of rotatable bonds is 4. The van der Waals surface area contributed by atoms with Crippen LogP contribution in [0.1, 0.15) is 29.9 Å². The van der Waals surface area contributed by atoms with Crippen molar-refractivity contribution in [2.45, 2.75) is 39.4 Å². The summed E-state index contributed by atoms with van der Waals surface area (Å²) >= 11 is 5.52. The van der Waals surface area contributed by atoms with E-state index in [9.17, 15) is 0 Å². The van der Waals surface area contributed by atoms with Crippen LogP contribution in [0.2, 0.25) is 0 Å². The molecule has 1 aliphatic rings. The molecule has 0 unspecified atom stereocenters. The summed E-state index contributed by atoms with van der Waals surface area (Å²) in [6.07, 6.45) is 1.16. The average molecular weight is 365 g/mol. The lowest BCUT2D eigenvalue weighted by molar-refractivity contribution is 0.587. The maximum Gasteiger partial charge on any atom is 0.0440 e. The third-order valence-corrected chi connectivity index (χ3v) is 5.41. The van der Waals surface area contributed by atoms with Crippen LogP contribution in [0.5, 0.6) is 0 Å². The van der Waals surface area contributed by atoms with Gasteiger partial charge in [-0.05, 0) is 41.1 Å². The van der Waals surface area contributed by atoms with Crippen LogP contribution in [-0.4, -0.2) is 12.6 Å². The molecule has 4 heteroatoms. The second-order valence-electron chi connectivity index (χ2n) is 5.85. The van der Waals surface area contributed by atoms with Crippen molar-refractivity contribution in [3.05, 3.63) is 50.1 Å². The van der Waals surface area contributed by atoms with Crippen molar-refractivity contribution in [1.29, 1.82) is 0 Å². The molecule has 0 fully saturated rings. The third-order valence-electron chi connectivity index (χ3n) is 3.90. The molecule has 1 aromatic heterocycles. The predicted molar refractivity (Wildman–Crippen MR) is 95.2 cm³/mol. The summed E-state index contributed by atoms with van der Waals surface area (Å²) in [5.74, 6) is 0. The van der Waals surface area contributed by atoms with Gasteiger partial charge in [-0.1, -0.05) is 35.8 Å². The lowest BCUT2D eigenvalue weighted by Crippen LogP contribution is -2.31. The molecule has 0 radical (unpaired) electrons. The first kappa shape index (κ1) is 15.1. The number of benzene rings is 1. The average Bonchev–Trinajstić information content (AvgIpc) is 2.93. The van der Waals surface area contributed by atoms with Gasteiger partial charge < -0.3 is 10.2 Å². The molecule has 21 heavy (non-hydrogen) atoms. The molecular formula is C17H21BrN2S. The first-order chi connectivity index (χ1) is 10.1. The van der Waals surface area contributed by atoms with Gasteiger partial charge in [0, 0.05) is 40.7 Å². The van der Waals surface area contributed by atoms with E-state index in [0.29, 0.717) is 6.04 Å². The number of anilines is 1. The molecule has 1 aliphatic heterocycles. The van der Waals surface area contributed by atoms with E-state index in [4.69, 9.17) is 0 Å². The van der Waals surface area contributed by atoms with Crippen LogP contribution in [0.4, 0.5) is 5.69 Å². The number of nitrogens with one attached hydrogen (secondary N) is 1. The molecule has 3 rings (SSSR count). The van der Waals surface area contributed by atoms with Crippen molar-refractivity contribution < 1.29 is 0 Å². The van der Waals surface area contributed by atoms with Crippen LogP contribution in [0.15, 0.2) is 34.1 Å². The van der Waals surface area contributed by atoms with Crippen molar-refractivity contribution in [1.82, 2.24) is 5.32 Å². The molecule has 112 valence electrons. The fourth-order valence-electron chi connectivity index (χ4n) is 2.75. The standard InChI is InChI=1S/C17H21BrN2S/c1-12(2)19-10-13-3-4-15(18)9-16(13)20-7-5-17-14(11-20)6-8-21-17/h3-4,6,8-9,12,19H,5,7,10-11H2,1-2H3. The summed E-state index contributed by atoms with van der Waals surface area (Å²) in [5.41, 5.74) is 4.23. The molecule has 2 aromatic rings. The lowest BCUT2D eigenvalue weighted by Gasteiger charge is -2.31. The molecule has 2 nitrogen and oxygen atoms in total. The number of halogens is 1. The fraction of sp³-hybridized carbons (Fsp3) is 0.412.